The van der Waals surface area contributed by atoms with Gasteiger partial charge in [0.2, 0.25) is 0 Å². The smallest absolute Gasteiger partial charge is 0.0490 e. The van der Waals surface area contributed by atoms with E-state index in [9.17, 15) is 0 Å². The highest BCUT2D eigenvalue weighted by Crippen LogP contribution is 2.33. The van der Waals surface area contributed by atoms with Crippen molar-refractivity contribution in [3.8, 4) is 0 Å². The Hall–Kier alpha value is -0.790. The monoisotopic (exact) mass is 222 g/mol. The summed E-state index contributed by atoms with van der Waals surface area (Å²) in [5.41, 5.74) is 1.72. The van der Waals surface area contributed by atoms with Crippen LogP contribution in [0.25, 0.3) is 0 Å². The first-order chi connectivity index (χ1) is 7.54. The molecule has 1 heterocycles. The molecule has 0 radical (unpaired) electrons. The molecular formula is C14H26N2. The average Bonchev–Trinajstić information content (AvgIpc) is 2.67. The largest absolute Gasteiger partial charge is 0.283 e. The Morgan fingerprint density at radius 3 is 2.56 bits per heavy atom. The van der Waals surface area contributed by atoms with Crippen molar-refractivity contribution in [1.82, 2.24) is 10.2 Å². The molecule has 0 aliphatic rings. The van der Waals surface area contributed by atoms with Crippen molar-refractivity contribution in [3.05, 3.63) is 18.0 Å². The van der Waals surface area contributed by atoms with Gasteiger partial charge >= 0.3 is 0 Å². The summed E-state index contributed by atoms with van der Waals surface area (Å²) in [7, 11) is 0. The summed E-state index contributed by atoms with van der Waals surface area (Å²) in [5, 5.41) is 7.01. The summed E-state index contributed by atoms with van der Waals surface area (Å²) in [6.45, 7) is 9.38. The van der Waals surface area contributed by atoms with Crippen molar-refractivity contribution in [3.63, 3.8) is 0 Å². The molecule has 0 aliphatic carbocycles. The molecule has 16 heavy (non-hydrogen) atoms. The van der Waals surface area contributed by atoms with Crippen LogP contribution in [-0.4, -0.2) is 10.2 Å². The summed E-state index contributed by atoms with van der Waals surface area (Å²) in [6.07, 6.45) is 8.22. The van der Waals surface area contributed by atoms with Gasteiger partial charge in [-0.2, -0.15) is 5.10 Å². The highest BCUT2D eigenvalue weighted by Gasteiger charge is 2.22. The van der Waals surface area contributed by atoms with Crippen LogP contribution in [0.15, 0.2) is 12.3 Å². The topological polar surface area (TPSA) is 28.7 Å². The molecule has 0 saturated heterocycles. The second kappa shape index (κ2) is 6.07. The molecular weight excluding hydrogens is 196 g/mol. The van der Waals surface area contributed by atoms with Gasteiger partial charge in [-0.05, 0) is 36.7 Å². The van der Waals surface area contributed by atoms with Gasteiger partial charge in [-0.1, -0.05) is 40.5 Å². The minimum Gasteiger partial charge on any atom is -0.283 e. The molecule has 2 nitrogen and oxygen atoms in total. The first kappa shape index (κ1) is 13.3. The number of rotatable bonds is 6. The van der Waals surface area contributed by atoms with Crippen LogP contribution in [0.2, 0.25) is 0 Å². The highest BCUT2D eigenvalue weighted by atomic mass is 15.1. The number of hydrogen-bond donors (Lipinski definition) is 1. The zero-order valence-electron chi connectivity index (χ0n) is 11.2. The first-order valence-electron chi connectivity index (χ1n) is 6.52. The fourth-order valence-electron chi connectivity index (χ4n) is 2.32. The SMILES string of the molecule is CCCC(CCCc1ccn[nH]1)C(C)(C)C. The Labute approximate surface area is 99.8 Å². The second-order valence-corrected chi connectivity index (χ2v) is 5.83. The number of nitrogens with one attached hydrogen (secondary N) is 1. The van der Waals surface area contributed by atoms with E-state index in [0.29, 0.717) is 5.41 Å². The van der Waals surface area contributed by atoms with E-state index in [2.05, 4.69) is 44.0 Å². The maximum absolute atomic E-state index is 3.98. The third kappa shape index (κ3) is 4.38. The molecule has 0 saturated carbocycles. The van der Waals surface area contributed by atoms with Crippen LogP contribution in [-0.2, 0) is 6.42 Å². The summed E-state index contributed by atoms with van der Waals surface area (Å²) in [6, 6.07) is 2.08. The zero-order valence-corrected chi connectivity index (χ0v) is 11.2. The molecule has 1 unspecified atom stereocenters. The summed E-state index contributed by atoms with van der Waals surface area (Å²) in [4.78, 5) is 0. The predicted octanol–water partition coefficient (Wildman–Crippen LogP) is 4.19. The molecule has 0 bridgehead atoms. The van der Waals surface area contributed by atoms with E-state index in [0.717, 1.165) is 12.3 Å². The van der Waals surface area contributed by atoms with Crippen molar-refractivity contribution in [1.29, 1.82) is 0 Å². The van der Waals surface area contributed by atoms with E-state index < -0.39 is 0 Å². The van der Waals surface area contributed by atoms with Gasteiger partial charge in [-0.3, -0.25) is 5.10 Å². The Morgan fingerprint density at radius 1 is 1.31 bits per heavy atom. The fourth-order valence-corrected chi connectivity index (χ4v) is 2.32. The molecule has 1 aromatic heterocycles. The van der Waals surface area contributed by atoms with E-state index in [1.165, 1.54) is 31.4 Å². The fraction of sp³-hybridized carbons (Fsp3) is 0.786. The van der Waals surface area contributed by atoms with Crippen molar-refractivity contribution in [2.75, 3.05) is 0 Å². The van der Waals surface area contributed by atoms with Gasteiger partial charge in [-0.25, -0.2) is 0 Å². The average molecular weight is 222 g/mol. The van der Waals surface area contributed by atoms with Crippen LogP contribution >= 0.6 is 0 Å². The minimum atomic E-state index is 0.448. The van der Waals surface area contributed by atoms with Crippen LogP contribution in [0, 0.1) is 11.3 Å². The van der Waals surface area contributed by atoms with Crippen LogP contribution < -0.4 is 0 Å². The molecule has 0 amide bonds. The molecule has 1 atom stereocenters. The maximum Gasteiger partial charge on any atom is 0.0490 e. The Kier molecular flexibility index (Phi) is 5.04. The van der Waals surface area contributed by atoms with Gasteiger partial charge in [0.25, 0.3) is 0 Å². The third-order valence-corrected chi connectivity index (χ3v) is 3.42. The first-order valence-corrected chi connectivity index (χ1v) is 6.52. The van der Waals surface area contributed by atoms with Gasteiger partial charge in [0.1, 0.15) is 0 Å². The van der Waals surface area contributed by atoms with Gasteiger partial charge in [0, 0.05) is 11.9 Å². The molecule has 0 spiro atoms. The molecule has 1 rings (SSSR count). The summed E-state index contributed by atoms with van der Waals surface area (Å²) in [5.74, 6) is 0.848. The van der Waals surface area contributed by atoms with Gasteiger partial charge in [-0.15, -0.1) is 0 Å². The van der Waals surface area contributed by atoms with E-state index in [-0.39, 0.29) is 0 Å². The van der Waals surface area contributed by atoms with E-state index in [1.54, 1.807) is 0 Å². The van der Waals surface area contributed by atoms with Crippen molar-refractivity contribution in [2.45, 2.75) is 59.8 Å². The molecule has 92 valence electrons. The predicted molar refractivity (Wildman–Crippen MR) is 69.4 cm³/mol. The number of nitrogens with zero attached hydrogens (tertiary/aromatic N) is 1. The Balaban J connectivity index is 2.33. The molecule has 0 aliphatic heterocycles. The highest BCUT2D eigenvalue weighted by molar-refractivity contribution is 4.97. The maximum atomic E-state index is 3.98. The van der Waals surface area contributed by atoms with Crippen LogP contribution in [0.1, 0.15) is 59.1 Å². The lowest BCUT2D eigenvalue weighted by atomic mass is 9.75. The van der Waals surface area contributed by atoms with E-state index >= 15 is 0 Å². The Morgan fingerprint density at radius 2 is 2.06 bits per heavy atom. The normalized spacial score (nSPS) is 14.0. The van der Waals surface area contributed by atoms with Crippen LogP contribution in [0.5, 0.6) is 0 Å². The molecule has 0 aromatic carbocycles. The molecule has 0 fully saturated rings. The third-order valence-electron chi connectivity index (χ3n) is 3.42. The van der Waals surface area contributed by atoms with Crippen molar-refractivity contribution in [2.24, 2.45) is 11.3 Å². The van der Waals surface area contributed by atoms with E-state index in [1.807, 2.05) is 6.20 Å². The molecule has 1 N–H and O–H groups in total. The number of aromatic amines is 1. The van der Waals surface area contributed by atoms with E-state index in [4.69, 9.17) is 0 Å². The number of aromatic nitrogens is 2. The quantitative estimate of drug-likeness (QED) is 0.768. The molecule has 1 aromatic rings. The lowest BCUT2D eigenvalue weighted by Crippen LogP contribution is -2.20. The van der Waals surface area contributed by atoms with Crippen molar-refractivity contribution >= 4 is 0 Å². The lowest BCUT2D eigenvalue weighted by Gasteiger charge is -2.30. The zero-order chi connectivity index (χ0) is 12.0. The Bertz CT molecular complexity index is 269. The van der Waals surface area contributed by atoms with Crippen molar-refractivity contribution < 1.29 is 0 Å². The van der Waals surface area contributed by atoms with Crippen LogP contribution in [0.4, 0.5) is 0 Å². The number of hydrogen-bond acceptors (Lipinski definition) is 1. The standard InChI is InChI=1S/C14H26N2/c1-5-7-12(14(2,3)4)8-6-9-13-10-11-15-16-13/h10-12H,5-9H2,1-4H3,(H,15,16). The summed E-state index contributed by atoms with van der Waals surface area (Å²) < 4.78 is 0. The lowest BCUT2D eigenvalue weighted by molar-refractivity contribution is 0.206. The van der Waals surface area contributed by atoms with Gasteiger partial charge in [0.05, 0.1) is 0 Å². The minimum absolute atomic E-state index is 0.448. The number of aryl methyl sites for hydroxylation is 1. The second-order valence-electron chi connectivity index (χ2n) is 5.83. The number of H-pyrrole nitrogens is 1. The van der Waals surface area contributed by atoms with Gasteiger partial charge in [0.15, 0.2) is 0 Å². The van der Waals surface area contributed by atoms with Gasteiger partial charge < -0.3 is 0 Å². The van der Waals surface area contributed by atoms with Crippen LogP contribution in [0.3, 0.4) is 0 Å². The summed E-state index contributed by atoms with van der Waals surface area (Å²) >= 11 is 0. The molecule has 2 heteroatoms.